The maximum absolute atomic E-state index is 12.6. The second-order valence-corrected chi connectivity index (χ2v) is 8.64. The monoisotopic (exact) mass is 408 g/mol. The molecular formula is C20H28N2O5S. The number of fused-ring (bicyclic) bond motifs is 1. The van der Waals surface area contributed by atoms with Gasteiger partial charge in [-0.25, -0.2) is 9.59 Å². The van der Waals surface area contributed by atoms with E-state index in [-0.39, 0.29) is 18.0 Å². The van der Waals surface area contributed by atoms with Crippen molar-refractivity contribution in [2.24, 2.45) is 11.8 Å². The number of carbonyl (C=O) groups excluding carboxylic acids is 3. The van der Waals surface area contributed by atoms with Crippen molar-refractivity contribution in [3.05, 3.63) is 16.0 Å². The standard InChI is InChI=1S/C20H28N2O5S/c1-12-16(19(24)26-2)18(28-17(12)20(25)27-3)21-15(23)11-22-9-8-13-6-4-5-7-14(13)10-22/h13-14H,4-11H2,1-3H3,(H,21,23)/t13-,14-/m1/s1. The largest absolute Gasteiger partial charge is 0.465 e. The van der Waals surface area contributed by atoms with Crippen molar-refractivity contribution in [1.29, 1.82) is 0 Å². The van der Waals surface area contributed by atoms with Crippen molar-refractivity contribution < 1.29 is 23.9 Å². The average Bonchev–Trinajstić information content (AvgIpc) is 3.02. The number of hydrogen-bond acceptors (Lipinski definition) is 7. The Bertz CT molecular complexity index is 760. The minimum absolute atomic E-state index is 0.183. The van der Waals surface area contributed by atoms with E-state index < -0.39 is 11.9 Å². The number of esters is 2. The smallest absolute Gasteiger partial charge is 0.348 e. The summed E-state index contributed by atoms with van der Waals surface area (Å²) in [5, 5.41) is 3.15. The Hall–Kier alpha value is -1.93. The van der Waals surface area contributed by atoms with Crippen LogP contribution >= 0.6 is 11.3 Å². The molecule has 2 heterocycles. The number of thiophene rings is 1. The summed E-state index contributed by atoms with van der Waals surface area (Å²) < 4.78 is 9.60. The third-order valence-corrected chi connectivity index (χ3v) is 7.09. The normalized spacial score (nSPS) is 22.2. The van der Waals surface area contributed by atoms with Crippen LogP contribution in [-0.4, -0.2) is 56.6 Å². The van der Waals surface area contributed by atoms with Crippen molar-refractivity contribution in [3.63, 3.8) is 0 Å². The van der Waals surface area contributed by atoms with E-state index in [0.717, 1.165) is 36.8 Å². The average molecular weight is 409 g/mol. The van der Waals surface area contributed by atoms with Gasteiger partial charge in [0, 0.05) is 6.54 Å². The van der Waals surface area contributed by atoms with Gasteiger partial charge in [-0.2, -0.15) is 0 Å². The Balaban J connectivity index is 1.69. The number of methoxy groups -OCH3 is 2. The Morgan fingerprint density at radius 1 is 1.07 bits per heavy atom. The first-order valence-electron chi connectivity index (χ1n) is 9.76. The Morgan fingerprint density at radius 3 is 2.43 bits per heavy atom. The number of likely N-dealkylation sites (tertiary alicyclic amines) is 1. The summed E-state index contributed by atoms with van der Waals surface area (Å²) in [4.78, 5) is 39.3. The van der Waals surface area contributed by atoms with E-state index in [1.165, 1.54) is 39.9 Å². The number of hydrogen-bond donors (Lipinski definition) is 1. The minimum Gasteiger partial charge on any atom is -0.465 e. The summed E-state index contributed by atoms with van der Waals surface area (Å²) in [7, 11) is 2.56. The summed E-state index contributed by atoms with van der Waals surface area (Å²) >= 11 is 1.05. The van der Waals surface area contributed by atoms with Crippen molar-refractivity contribution in [1.82, 2.24) is 4.90 Å². The Labute approximate surface area is 169 Å². The highest BCUT2D eigenvalue weighted by atomic mass is 32.1. The molecule has 7 nitrogen and oxygen atoms in total. The van der Waals surface area contributed by atoms with E-state index in [0.29, 0.717) is 21.4 Å². The van der Waals surface area contributed by atoms with Crippen LogP contribution in [0.25, 0.3) is 0 Å². The zero-order valence-corrected chi connectivity index (χ0v) is 17.5. The van der Waals surface area contributed by atoms with Crippen molar-refractivity contribution in [2.75, 3.05) is 39.2 Å². The van der Waals surface area contributed by atoms with Gasteiger partial charge >= 0.3 is 11.9 Å². The number of anilines is 1. The number of carbonyl (C=O) groups is 3. The molecule has 2 aliphatic rings. The molecule has 1 aliphatic carbocycles. The van der Waals surface area contributed by atoms with Crippen molar-refractivity contribution >= 4 is 34.2 Å². The van der Waals surface area contributed by atoms with Crippen LogP contribution in [0.3, 0.4) is 0 Å². The zero-order valence-electron chi connectivity index (χ0n) is 16.7. The molecule has 28 heavy (non-hydrogen) atoms. The molecule has 0 bridgehead atoms. The number of piperidine rings is 1. The topological polar surface area (TPSA) is 84.9 Å². The van der Waals surface area contributed by atoms with Crippen LogP contribution < -0.4 is 5.32 Å². The number of nitrogens with zero attached hydrogens (tertiary/aromatic N) is 1. The summed E-state index contributed by atoms with van der Waals surface area (Å²) in [5.74, 6) is 0.198. The van der Waals surface area contributed by atoms with Gasteiger partial charge in [0.05, 0.1) is 26.3 Å². The van der Waals surface area contributed by atoms with Crippen LogP contribution in [0, 0.1) is 18.8 Å². The fourth-order valence-electron chi connectivity index (χ4n) is 4.43. The lowest BCUT2D eigenvalue weighted by Crippen LogP contribution is -2.44. The van der Waals surface area contributed by atoms with Gasteiger partial charge < -0.3 is 14.8 Å². The first-order chi connectivity index (χ1) is 13.4. The number of ether oxygens (including phenoxy) is 2. The molecule has 1 aromatic rings. The molecule has 154 valence electrons. The van der Waals surface area contributed by atoms with Gasteiger partial charge in [0.15, 0.2) is 0 Å². The van der Waals surface area contributed by atoms with Crippen molar-refractivity contribution in [3.8, 4) is 0 Å². The molecule has 1 amide bonds. The van der Waals surface area contributed by atoms with Crippen molar-refractivity contribution in [2.45, 2.75) is 39.0 Å². The van der Waals surface area contributed by atoms with Crippen LogP contribution in [0.1, 0.15) is 57.7 Å². The molecule has 8 heteroatoms. The first-order valence-corrected chi connectivity index (χ1v) is 10.6. The maximum atomic E-state index is 12.6. The molecular weight excluding hydrogens is 380 g/mol. The lowest BCUT2D eigenvalue weighted by Gasteiger charge is -2.41. The summed E-state index contributed by atoms with van der Waals surface area (Å²) in [6.45, 7) is 3.82. The highest BCUT2D eigenvalue weighted by Gasteiger charge is 2.32. The lowest BCUT2D eigenvalue weighted by atomic mass is 9.75. The second kappa shape index (κ2) is 9.05. The highest BCUT2D eigenvalue weighted by molar-refractivity contribution is 7.18. The minimum atomic E-state index is -0.581. The number of rotatable bonds is 5. The van der Waals surface area contributed by atoms with Crippen LogP contribution in [0.2, 0.25) is 0 Å². The molecule has 1 saturated heterocycles. The van der Waals surface area contributed by atoms with Gasteiger partial charge in [0.2, 0.25) is 5.91 Å². The van der Waals surface area contributed by atoms with Gasteiger partial charge in [0.25, 0.3) is 0 Å². The van der Waals surface area contributed by atoms with Gasteiger partial charge in [-0.1, -0.05) is 19.3 Å². The predicted octanol–water partition coefficient (Wildman–Crippen LogP) is 3.08. The molecule has 1 aliphatic heterocycles. The Kier molecular flexibility index (Phi) is 6.72. The number of nitrogens with one attached hydrogen (secondary N) is 1. The third kappa shape index (κ3) is 4.38. The fraction of sp³-hybridized carbons (Fsp3) is 0.650. The van der Waals surface area contributed by atoms with Crippen LogP contribution in [0.15, 0.2) is 0 Å². The first kappa shape index (κ1) is 20.8. The van der Waals surface area contributed by atoms with Crippen LogP contribution in [-0.2, 0) is 14.3 Å². The summed E-state index contributed by atoms with van der Waals surface area (Å²) in [6, 6.07) is 0. The zero-order chi connectivity index (χ0) is 20.3. The second-order valence-electron chi connectivity index (χ2n) is 7.62. The molecule has 1 aromatic heterocycles. The third-order valence-electron chi connectivity index (χ3n) is 5.90. The SMILES string of the molecule is COC(=O)c1sc(NC(=O)CN2CC[C@H]3CCCC[C@@H]3C2)c(C(=O)OC)c1C. The maximum Gasteiger partial charge on any atom is 0.348 e. The molecule has 3 rings (SSSR count). The molecule has 2 fully saturated rings. The predicted molar refractivity (Wildman–Crippen MR) is 107 cm³/mol. The Morgan fingerprint density at radius 2 is 1.75 bits per heavy atom. The number of amides is 1. The van der Waals surface area contributed by atoms with E-state index in [4.69, 9.17) is 9.47 Å². The van der Waals surface area contributed by atoms with Gasteiger partial charge in [-0.3, -0.25) is 9.69 Å². The van der Waals surface area contributed by atoms with Crippen LogP contribution in [0.4, 0.5) is 5.00 Å². The molecule has 1 N–H and O–H groups in total. The van der Waals surface area contributed by atoms with Gasteiger partial charge in [-0.05, 0) is 43.7 Å². The van der Waals surface area contributed by atoms with E-state index in [1.807, 2.05) is 0 Å². The van der Waals surface area contributed by atoms with E-state index in [2.05, 4.69) is 10.2 Å². The molecule has 2 atom stereocenters. The van der Waals surface area contributed by atoms with E-state index in [9.17, 15) is 14.4 Å². The molecule has 0 unspecified atom stereocenters. The van der Waals surface area contributed by atoms with E-state index in [1.54, 1.807) is 6.92 Å². The molecule has 0 aromatic carbocycles. The quantitative estimate of drug-likeness (QED) is 0.754. The molecule has 0 radical (unpaired) electrons. The highest BCUT2D eigenvalue weighted by Crippen LogP contribution is 2.36. The summed E-state index contributed by atoms with van der Waals surface area (Å²) in [5.41, 5.74) is 0.675. The van der Waals surface area contributed by atoms with Crippen LogP contribution in [0.5, 0.6) is 0 Å². The molecule has 0 spiro atoms. The van der Waals surface area contributed by atoms with Gasteiger partial charge in [0.1, 0.15) is 9.88 Å². The molecule has 1 saturated carbocycles. The summed E-state index contributed by atoms with van der Waals surface area (Å²) in [6.07, 6.45) is 6.34. The lowest BCUT2D eigenvalue weighted by molar-refractivity contribution is -0.118. The van der Waals surface area contributed by atoms with Gasteiger partial charge in [-0.15, -0.1) is 11.3 Å². The van der Waals surface area contributed by atoms with E-state index >= 15 is 0 Å². The fourth-order valence-corrected chi connectivity index (χ4v) is 5.56.